The molecule has 35 heavy (non-hydrogen) atoms. The quantitative estimate of drug-likeness (QED) is 0.144. The fourth-order valence-electron chi connectivity index (χ4n) is 3.82. The maximum absolute atomic E-state index is 12.4. The largest absolute Gasteiger partial charge is 0.494 e. The van der Waals surface area contributed by atoms with Crippen LogP contribution in [0.25, 0.3) is 11.1 Å². The highest BCUT2D eigenvalue weighted by Gasteiger charge is 2.12. The van der Waals surface area contributed by atoms with Crippen molar-refractivity contribution in [3.05, 3.63) is 54.1 Å². The van der Waals surface area contributed by atoms with Gasteiger partial charge in [-0.3, -0.25) is 0 Å². The predicted octanol–water partition coefficient (Wildman–Crippen LogP) is 8.19. The molecule has 2 rings (SSSR count). The maximum Gasteiger partial charge on any atom is 0.338 e. The van der Waals surface area contributed by atoms with Gasteiger partial charge in [-0.25, -0.2) is 4.79 Å². The van der Waals surface area contributed by atoms with E-state index in [1.54, 1.807) is 11.8 Å². The number of rotatable bonds is 19. The summed E-state index contributed by atoms with van der Waals surface area (Å²) in [5.74, 6) is 1.52. The van der Waals surface area contributed by atoms with Crippen molar-refractivity contribution in [1.82, 2.24) is 0 Å². The first kappa shape index (κ1) is 29.3. The van der Waals surface area contributed by atoms with Crippen LogP contribution in [-0.2, 0) is 9.47 Å². The van der Waals surface area contributed by atoms with Crippen molar-refractivity contribution in [2.75, 3.05) is 31.8 Å². The molecule has 0 amide bonds. The lowest BCUT2D eigenvalue weighted by atomic mass is 10.0. The topological polar surface area (TPSA) is 44.8 Å². The smallest absolute Gasteiger partial charge is 0.338 e. The Kier molecular flexibility index (Phi) is 15.3. The summed E-state index contributed by atoms with van der Waals surface area (Å²) < 4.78 is 16.9. The van der Waals surface area contributed by atoms with Gasteiger partial charge in [0.1, 0.15) is 11.9 Å². The summed E-state index contributed by atoms with van der Waals surface area (Å²) >= 11 is 1.73. The molecule has 5 heteroatoms. The maximum atomic E-state index is 12.4. The molecule has 0 N–H and O–H groups in total. The molecule has 0 bridgehead atoms. The van der Waals surface area contributed by atoms with E-state index in [0.29, 0.717) is 18.8 Å². The van der Waals surface area contributed by atoms with Gasteiger partial charge in [0.05, 0.1) is 25.4 Å². The Balaban J connectivity index is 1.67. The van der Waals surface area contributed by atoms with E-state index in [-0.39, 0.29) is 12.1 Å². The van der Waals surface area contributed by atoms with E-state index in [1.807, 2.05) is 49.6 Å². The fourth-order valence-corrected chi connectivity index (χ4v) is 4.11. The van der Waals surface area contributed by atoms with Crippen LogP contribution in [0.5, 0.6) is 5.75 Å². The number of hydrogen-bond donors (Lipinski definition) is 0. The van der Waals surface area contributed by atoms with Crippen molar-refractivity contribution < 1.29 is 19.0 Å². The molecule has 0 saturated heterocycles. The summed E-state index contributed by atoms with van der Waals surface area (Å²) in [6.45, 7) is 5.97. The lowest BCUT2D eigenvalue weighted by molar-refractivity contribution is 0.00485. The van der Waals surface area contributed by atoms with Gasteiger partial charge >= 0.3 is 5.97 Å². The number of ether oxygens (including phenoxy) is 3. The third-order valence-electron chi connectivity index (χ3n) is 5.92. The van der Waals surface area contributed by atoms with Crippen LogP contribution in [-0.4, -0.2) is 43.9 Å². The van der Waals surface area contributed by atoms with E-state index >= 15 is 0 Å². The van der Waals surface area contributed by atoms with Gasteiger partial charge < -0.3 is 14.2 Å². The Hall–Kier alpha value is -1.98. The van der Waals surface area contributed by atoms with Crippen LogP contribution in [0.15, 0.2) is 48.5 Å². The molecule has 2 aromatic rings. The van der Waals surface area contributed by atoms with E-state index in [1.165, 1.54) is 51.4 Å². The average molecular weight is 501 g/mol. The van der Waals surface area contributed by atoms with Gasteiger partial charge in [0.2, 0.25) is 0 Å². The molecule has 1 unspecified atom stereocenters. The summed E-state index contributed by atoms with van der Waals surface area (Å²) in [4.78, 5) is 12.4. The number of thioether (sulfide) groups is 1. The van der Waals surface area contributed by atoms with Crippen molar-refractivity contribution in [1.29, 1.82) is 0 Å². The fraction of sp³-hybridized carbons (Fsp3) is 0.567. The molecule has 0 spiro atoms. The second kappa shape index (κ2) is 18.3. The standard InChI is InChI=1S/C30H44O4S/c1-4-5-6-7-8-9-10-11-12-21-33-29-19-17-27(18-20-29)26-13-15-28(16-14-26)30(31)34-25(2)24-32-22-23-35-3/h13-20,25H,4-12,21-24H2,1-3H3. The van der Waals surface area contributed by atoms with E-state index in [0.717, 1.165) is 35.7 Å². The molecule has 1 atom stereocenters. The zero-order valence-corrected chi connectivity index (χ0v) is 22.7. The highest BCUT2D eigenvalue weighted by atomic mass is 32.2. The van der Waals surface area contributed by atoms with Crippen LogP contribution in [0.4, 0.5) is 0 Å². The first-order valence-electron chi connectivity index (χ1n) is 13.2. The zero-order chi connectivity index (χ0) is 25.1. The van der Waals surface area contributed by atoms with Gasteiger partial charge in [-0.2, -0.15) is 11.8 Å². The summed E-state index contributed by atoms with van der Waals surface area (Å²) in [5.41, 5.74) is 2.70. The van der Waals surface area contributed by atoms with Crippen molar-refractivity contribution in [2.24, 2.45) is 0 Å². The molecule has 0 saturated carbocycles. The normalized spacial score (nSPS) is 11.9. The van der Waals surface area contributed by atoms with Gasteiger partial charge in [-0.15, -0.1) is 0 Å². The minimum atomic E-state index is -0.322. The van der Waals surface area contributed by atoms with E-state index in [4.69, 9.17) is 14.2 Å². The summed E-state index contributed by atoms with van der Waals surface area (Å²) in [6.07, 6.45) is 13.6. The molecule has 0 aliphatic carbocycles. The molecule has 0 aliphatic heterocycles. The number of carbonyl (C=O) groups excluding carboxylic acids is 1. The molecule has 194 valence electrons. The van der Waals surface area contributed by atoms with Crippen molar-refractivity contribution in [3.8, 4) is 16.9 Å². The molecule has 0 fully saturated rings. The molecule has 0 aromatic heterocycles. The van der Waals surface area contributed by atoms with E-state index in [2.05, 4.69) is 19.1 Å². The number of esters is 1. The van der Waals surface area contributed by atoms with Crippen LogP contribution in [0.2, 0.25) is 0 Å². The van der Waals surface area contributed by atoms with Crippen LogP contribution < -0.4 is 4.74 Å². The third kappa shape index (κ3) is 12.5. The zero-order valence-electron chi connectivity index (χ0n) is 21.9. The molecule has 0 radical (unpaired) electrons. The lowest BCUT2D eigenvalue weighted by Gasteiger charge is -2.13. The Morgan fingerprint density at radius 3 is 1.97 bits per heavy atom. The summed E-state index contributed by atoms with van der Waals surface area (Å²) in [5, 5.41) is 0. The van der Waals surface area contributed by atoms with Gasteiger partial charge in [-0.05, 0) is 55.0 Å². The number of hydrogen-bond acceptors (Lipinski definition) is 5. The van der Waals surface area contributed by atoms with Crippen LogP contribution in [0.3, 0.4) is 0 Å². The molecule has 2 aromatic carbocycles. The lowest BCUT2D eigenvalue weighted by Crippen LogP contribution is -2.21. The first-order chi connectivity index (χ1) is 17.1. The summed E-state index contributed by atoms with van der Waals surface area (Å²) in [6, 6.07) is 15.7. The molecular weight excluding hydrogens is 456 g/mol. The third-order valence-corrected chi connectivity index (χ3v) is 6.49. The molecular formula is C30H44O4S. The second-order valence-corrected chi connectivity index (χ2v) is 10.0. The van der Waals surface area contributed by atoms with Gasteiger partial charge in [0, 0.05) is 5.75 Å². The molecule has 4 nitrogen and oxygen atoms in total. The highest BCUT2D eigenvalue weighted by molar-refractivity contribution is 7.98. The van der Waals surface area contributed by atoms with Crippen LogP contribution in [0.1, 0.15) is 82.0 Å². The number of unbranched alkanes of at least 4 members (excludes halogenated alkanes) is 8. The van der Waals surface area contributed by atoms with Crippen LogP contribution >= 0.6 is 11.8 Å². The Bertz CT molecular complexity index is 804. The molecule has 0 heterocycles. The SMILES string of the molecule is CCCCCCCCCCCOc1ccc(-c2ccc(C(=O)OC(C)COCCSC)cc2)cc1. The highest BCUT2D eigenvalue weighted by Crippen LogP contribution is 2.23. The van der Waals surface area contributed by atoms with Crippen LogP contribution in [0, 0.1) is 0 Å². The van der Waals surface area contributed by atoms with Crippen molar-refractivity contribution in [2.45, 2.75) is 77.7 Å². The second-order valence-electron chi connectivity index (χ2n) is 9.06. The van der Waals surface area contributed by atoms with E-state index in [9.17, 15) is 4.79 Å². The monoisotopic (exact) mass is 500 g/mol. The summed E-state index contributed by atoms with van der Waals surface area (Å²) in [7, 11) is 0. The molecule has 0 aliphatic rings. The number of benzene rings is 2. The van der Waals surface area contributed by atoms with Gasteiger partial charge in [0.15, 0.2) is 0 Å². The van der Waals surface area contributed by atoms with E-state index < -0.39 is 0 Å². The Labute approximate surface area is 217 Å². The van der Waals surface area contributed by atoms with Gasteiger partial charge in [0.25, 0.3) is 0 Å². The first-order valence-corrected chi connectivity index (χ1v) is 14.6. The average Bonchev–Trinajstić information content (AvgIpc) is 2.88. The predicted molar refractivity (Wildman–Crippen MR) is 149 cm³/mol. The van der Waals surface area contributed by atoms with Crippen molar-refractivity contribution >= 4 is 17.7 Å². The minimum Gasteiger partial charge on any atom is -0.494 e. The Morgan fingerprint density at radius 2 is 1.37 bits per heavy atom. The Morgan fingerprint density at radius 1 is 0.800 bits per heavy atom. The number of carbonyl (C=O) groups is 1. The van der Waals surface area contributed by atoms with Crippen molar-refractivity contribution in [3.63, 3.8) is 0 Å². The minimum absolute atomic E-state index is 0.271. The van der Waals surface area contributed by atoms with Gasteiger partial charge in [-0.1, -0.05) is 82.6 Å².